The number of hydrogen-bond donors (Lipinski definition) is 2. The molecule has 9 heteroatoms. The van der Waals surface area contributed by atoms with Gasteiger partial charge in [0.05, 0.1) is 6.54 Å². The van der Waals surface area contributed by atoms with Crippen molar-refractivity contribution in [1.82, 2.24) is 4.98 Å². The zero-order chi connectivity index (χ0) is 20.7. The summed E-state index contributed by atoms with van der Waals surface area (Å²) in [7, 11) is 0. The molecule has 0 unspecified atom stereocenters. The fourth-order valence-corrected chi connectivity index (χ4v) is 2.34. The summed E-state index contributed by atoms with van der Waals surface area (Å²) in [5, 5.41) is 5.42. The maximum atomic E-state index is 12.3. The zero-order valence-electron chi connectivity index (χ0n) is 14.9. The molecular formula is C20H16F3N3O3. The largest absolute Gasteiger partial charge is 0.573 e. The number of amides is 1. The van der Waals surface area contributed by atoms with Crippen molar-refractivity contribution in [3.05, 3.63) is 73.1 Å². The number of halogens is 3. The molecule has 0 aliphatic carbocycles. The first-order valence-corrected chi connectivity index (χ1v) is 8.45. The number of carbonyl (C=O) groups is 1. The molecule has 1 amide bonds. The number of benzene rings is 2. The number of pyridine rings is 1. The summed E-state index contributed by atoms with van der Waals surface area (Å²) < 4.78 is 46.3. The van der Waals surface area contributed by atoms with Crippen LogP contribution in [0.1, 0.15) is 0 Å². The van der Waals surface area contributed by atoms with Crippen LogP contribution in [0.4, 0.5) is 24.5 Å². The maximum absolute atomic E-state index is 12.3. The van der Waals surface area contributed by atoms with Crippen molar-refractivity contribution in [1.29, 1.82) is 0 Å². The number of anilines is 2. The van der Waals surface area contributed by atoms with Crippen molar-refractivity contribution in [2.75, 3.05) is 17.2 Å². The first-order chi connectivity index (χ1) is 13.9. The average molecular weight is 403 g/mol. The maximum Gasteiger partial charge on any atom is 0.573 e. The van der Waals surface area contributed by atoms with Crippen LogP contribution in [-0.2, 0) is 4.79 Å². The lowest BCUT2D eigenvalue weighted by Crippen LogP contribution is -2.22. The van der Waals surface area contributed by atoms with Crippen LogP contribution in [-0.4, -0.2) is 23.8 Å². The molecule has 2 aromatic carbocycles. The van der Waals surface area contributed by atoms with E-state index in [1.54, 1.807) is 48.8 Å². The molecule has 150 valence electrons. The van der Waals surface area contributed by atoms with E-state index in [4.69, 9.17) is 4.74 Å². The first-order valence-electron chi connectivity index (χ1n) is 8.45. The second kappa shape index (κ2) is 8.96. The molecule has 0 atom stereocenters. The van der Waals surface area contributed by atoms with Gasteiger partial charge in [0.2, 0.25) is 5.91 Å². The Bertz CT molecular complexity index is 948. The minimum Gasteiger partial charge on any atom is -0.457 e. The topological polar surface area (TPSA) is 72.5 Å². The van der Waals surface area contributed by atoms with E-state index in [9.17, 15) is 18.0 Å². The summed E-state index contributed by atoms with van der Waals surface area (Å²) in [6.07, 6.45) is -1.55. The van der Waals surface area contributed by atoms with Crippen LogP contribution in [0, 0.1) is 0 Å². The predicted molar refractivity (Wildman–Crippen MR) is 101 cm³/mol. The standard InChI is InChI=1S/C20H16F3N3O3/c21-20(22,23)29-18-3-1-2-15(12-18)26-19(27)13-25-14-4-6-16(7-5-14)28-17-8-10-24-11-9-17/h1-12,25H,13H2,(H,26,27). The molecule has 0 saturated carbocycles. The number of aromatic nitrogens is 1. The lowest BCUT2D eigenvalue weighted by molar-refractivity contribution is -0.274. The number of ether oxygens (including phenoxy) is 2. The molecule has 1 aromatic heterocycles. The van der Waals surface area contributed by atoms with Gasteiger partial charge in [-0.3, -0.25) is 9.78 Å². The minimum absolute atomic E-state index is 0.0745. The predicted octanol–water partition coefficient (Wildman–Crippen LogP) is 4.82. The van der Waals surface area contributed by atoms with Gasteiger partial charge in [-0.1, -0.05) is 6.07 Å². The third-order valence-corrected chi connectivity index (χ3v) is 3.54. The van der Waals surface area contributed by atoms with Crippen LogP contribution < -0.4 is 20.1 Å². The normalized spacial score (nSPS) is 10.9. The number of hydrogen-bond acceptors (Lipinski definition) is 5. The molecule has 29 heavy (non-hydrogen) atoms. The van der Waals surface area contributed by atoms with Crippen LogP contribution in [0.25, 0.3) is 0 Å². The Morgan fingerprint density at radius 1 is 0.897 bits per heavy atom. The van der Waals surface area contributed by atoms with Crippen LogP contribution in [0.3, 0.4) is 0 Å². The van der Waals surface area contributed by atoms with E-state index >= 15 is 0 Å². The number of nitrogens with one attached hydrogen (secondary N) is 2. The SMILES string of the molecule is O=C(CNc1ccc(Oc2ccncc2)cc1)Nc1cccc(OC(F)(F)F)c1. The first kappa shape index (κ1) is 20.0. The fourth-order valence-electron chi connectivity index (χ4n) is 2.34. The van der Waals surface area contributed by atoms with E-state index in [0.717, 1.165) is 12.1 Å². The molecular weight excluding hydrogens is 387 g/mol. The average Bonchev–Trinajstić information content (AvgIpc) is 2.67. The van der Waals surface area contributed by atoms with E-state index in [0.29, 0.717) is 17.2 Å². The summed E-state index contributed by atoms with van der Waals surface area (Å²) in [5.74, 6) is 0.434. The highest BCUT2D eigenvalue weighted by atomic mass is 19.4. The summed E-state index contributed by atoms with van der Waals surface area (Å²) >= 11 is 0. The van der Waals surface area contributed by atoms with E-state index in [1.165, 1.54) is 12.1 Å². The number of nitrogens with zero attached hydrogens (tertiary/aromatic N) is 1. The lowest BCUT2D eigenvalue weighted by atomic mass is 10.3. The van der Waals surface area contributed by atoms with E-state index in [1.807, 2.05) is 0 Å². The molecule has 3 rings (SSSR count). The Hall–Kier alpha value is -3.75. The van der Waals surface area contributed by atoms with Gasteiger partial charge in [-0.15, -0.1) is 13.2 Å². The van der Waals surface area contributed by atoms with Crippen molar-refractivity contribution >= 4 is 17.3 Å². The highest BCUT2D eigenvalue weighted by molar-refractivity contribution is 5.93. The molecule has 0 aliphatic heterocycles. The summed E-state index contributed by atoms with van der Waals surface area (Å²) in [5.41, 5.74) is 0.871. The van der Waals surface area contributed by atoms with Crippen molar-refractivity contribution < 1.29 is 27.4 Å². The van der Waals surface area contributed by atoms with Crippen LogP contribution in [0.15, 0.2) is 73.1 Å². The van der Waals surface area contributed by atoms with Gasteiger partial charge < -0.3 is 20.1 Å². The second-order valence-electron chi connectivity index (χ2n) is 5.79. The highest BCUT2D eigenvalue weighted by Crippen LogP contribution is 2.25. The molecule has 0 aliphatic rings. The van der Waals surface area contributed by atoms with Gasteiger partial charge in [-0.05, 0) is 48.5 Å². The minimum atomic E-state index is -4.79. The Balaban J connectivity index is 1.50. The number of rotatable bonds is 7. The Morgan fingerprint density at radius 3 is 2.28 bits per heavy atom. The van der Waals surface area contributed by atoms with Gasteiger partial charge in [0.25, 0.3) is 0 Å². The van der Waals surface area contributed by atoms with Crippen molar-refractivity contribution in [2.45, 2.75) is 6.36 Å². The molecule has 3 aromatic rings. The molecule has 6 nitrogen and oxygen atoms in total. The van der Waals surface area contributed by atoms with Crippen LogP contribution in [0.5, 0.6) is 17.2 Å². The quantitative estimate of drug-likeness (QED) is 0.592. The molecule has 2 N–H and O–H groups in total. The lowest BCUT2D eigenvalue weighted by Gasteiger charge is -2.11. The van der Waals surface area contributed by atoms with E-state index in [-0.39, 0.29) is 12.2 Å². The van der Waals surface area contributed by atoms with Gasteiger partial charge in [0, 0.05) is 29.8 Å². The highest BCUT2D eigenvalue weighted by Gasteiger charge is 2.31. The molecule has 0 radical (unpaired) electrons. The third-order valence-electron chi connectivity index (χ3n) is 3.54. The van der Waals surface area contributed by atoms with Gasteiger partial charge in [0.1, 0.15) is 17.2 Å². The van der Waals surface area contributed by atoms with Gasteiger partial charge >= 0.3 is 6.36 Å². The van der Waals surface area contributed by atoms with Gasteiger partial charge in [-0.2, -0.15) is 0 Å². The molecule has 0 bridgehead atoms. The fraction of sp³-hybridized carbons (Fsp3) is 0.100. The zero-order valence-corrected chi connectivity index (χ0v) is 14.9. The second-order valence-corrected chi connectivity index (χ2v) is 5.79. The Morgan fingerprint density at radius 2 is 1.59 bits per heavy atom. The number of alkyl halides is 3. The van der Waals surface area contributed by atoms with Crippen molar-refractivity contribution in [3.63, 3.8) is 0 Å². The number of carbonyl (C=O) groups excluding carboxylic acids is 1. The summed E-state index contributed by atoms with van der Waals surface area (Å²) in [4.78, 5) is 15.9. The van der Waals surface area contributed by atoms with Gasteiger partial charge in [-0.25, -0.2) is 0 Å². The Labute approximate surface area is 164 Å². The van der Waals surface area contributed by atoms with Crippen molar-refractivity contribution in [2.24, 2.45) is 0 Å². The summed E-state index contributed by atoms with van der Waals surface area (Å²) in [6, 6.07) is 15.5. The monoisotopic (exact) mass is 403 g/mol. The molecule has 0 saturated heterocycles. The van der Waals surface area contributed by atoms with Gasteiger partial charge in [0.15, 0.2) is 0 Å². The molecule has 1 heterocycles. The molecule has 0 fully saturated rings. The Kier molecular flexibility index (Phi) is 6.18. The third kappa shape index (κ3) is 6.73. The smallest absolute Gasteiger partial charge is 0.457 e. The molecule has 0 spiro atoms. The van der Waals surface area contributed by atoms with Crippen LogP contribution in [0.2, 0.25) is 0 Å². The summed E-state index contributed by atoms with van der Waals surface area (Å²) in [6.45, 7) is -0.0745. The van der Waals surface area contributed by atoms with Crippen LogP contribution >= 0.6 is 0 Å². The van der Waals surface area contributed by atoms with Crippen molar-refractivity contribution in [3.8, 4) is 17.2 Å². The van der Waals surface area contributed by atoms with E-state index in [2.05, 4.69) is 20.4 Å². The van der Waals surface area contributed by atoms with E-state index < -0.39 is 18.0 Å².